The number of nitro groups is 2. The van der Waals surface area contributed by atoms with E-state index in [2.05, 4.69) is 26.0 Å². The van der Waals surface area contributed by atoms with Gasteiger partial charge in [0.25, 0.3) is 11.2 Å². The molecule has 12 heteroatoms. The number of halogens is 1. The summed E-state index contributed by atoms with van der Waals surface area (Å²) in [5.74, 6) is 0.330. The molecule has 0 radical (unpaired) electrons. The molecule has 0 bridgehead atoms. The highest BCUT2D eigenvalue weighted by Crippen LogP contribution is 2.31. The second-order valence-electron chi connectivity index (χ2n) is 7.57. The van der Waals surface area contributed by atoms with Crippen molar-refractivity contribution in [1.82, 2.24) is 9.66 Å². The van der Waals surface area contributed by atoms with Gasteiger partial charge in [-0.1, -0.05) is 41.1 Å². The van der Waals surface area contributed by atoms with Gasteiger partial charge < -0.3 is 4.74 Å². The Hall–Kier alpha value is -4.45. The predicted molar refractivity (Wildman–Crippen MR) is 137 cm³/mol. The first-order chi connectivity index (χ1) is 17.3. The van der Waals surface area contributed by atoms with Gasteiger partial charge in [-0.25, -0.2) is 4.98 Å². The molecule has 182 valence electrons. The maximum atomic E-state index is 13.1. The summed E-state index contributed by atoms with van der Waals surface area (Å²) in [7, 11) is 0. The maximum Gasteiger partial charge on any atom is 0.311 e. The van der Waals surface area contributed by atoms with Crippen LogP contribution in [0.15, 0.2) is 75.0 Å². The fraction of sp³-hybridized carbons (Fsp3) is 0.125. The molecule has 4 rings (SSSR count). The number of hydrogen-bond donors (Lipinski definition) is 0. The molecule has 11 nitrogen and oxygen atoms in total. The summed E-state index contributed by atoms with van der Waals surface area (Å²) in [6.45, 7) is 1.68. The smallest absolute Gasteiger partial charge is 0.311 e. The van der Waals surface area contributed by atoms with Crippen LogP contribution in [0.1, 0.15) is 23.9 Å². The first-order valence-corrected chi connectivity index (χ1v) is 11.5. The summed E-state index contributed by atoms with van der Waals surface area (Å²) in [6, 6.07) is 15.3. The minimum atomic E-state index is -0.598. The minimum absolute atomic E-state index is 0.0830. The fourth-order valence-electron chi connectivity index (χ4n) is 3.52. The molecule has 0 saturated carbocycles. The summed E-state index contributed by atoms with van der Waals surface area (Å²) < 4.78 is 7.61. The predicted octanol–water partition coefficient (Wildman–Crippen LogP) is 5.00. The average Bonchev–Trinajstić information content (AvgIpc) is 2.87. The molecule has 0 spiro atoms. The van der Waals surface area contributed by atoms with Crippen LogP contribution in [0.2, 0.25) is 0 Å². The molecule has 36 heavy (non-hydrogen) atoms. The summed E-state index contributed by atoms with van der Waals surface area (Å²) in [4.78, 5) is 39.2. The van der Waals surface area contributed by atoms with E-state index in [1.807, 2.05) is 6.92 Å². The van der Waals surface area contributed by atoms with Crippen molar-refractivity contribution in [3.8, 4) is 5.75 Å². The number of aryl methyl sites for hydroxylation is 1. The second kappa shape index (κ2) is 10.4. The molecule has 0 N–H and O–H groups in total. The number of rotatable bonds is 8. The fourth-order valence-corrected chi connectivity index (χ4v) is 3.88. The van der Waals surface area contributed by atoms with Gasteiger partial charge in [0.15, 0.2) is 0 Å². The zero-order chi connectivity index (χ0) is 25.8. The Kier molecular flexibility index (Phi) is 7.15. The number of nitrogens with zero attached hydrogens (tertiary/aromatic N) is 5. The van der Waals surface area contributed by atoms with Crippen LogP contribution in [-0.4, -0.2) is 25.7 Å². The third-order valence-corrected chi connectivity index (χ3v) is 5.72. The van der Waals surface area contributed by atoms with Crippen molar-refractivity contribution >= 4 is 44.4 Å². The van der Waals surface area contributed by atoms with E-state index >= 15 is 0 Å². The van der Waals surface area contributed by atoms with E-state index in [1.54, 1.807) is 30.3 Å². The van der Waals surface area contributed by atoms with Gasteiger partial charge in [0.05, 0.1) is 27.0 Å². The van der Waals surface area contributed by atoms with Gasteiger partial charge in [-0.3, -0.25) is 25.0 Å². The molecule has 0 aliphatic carbocycles. The number of para-hydroxylation sites is 1. The highest BCUT2D eigenvalue weighted by atomic mass is 79.9. The Morgan fingerprint density at radius 3 is 2.58 bits per heavy atom. The number of fused-ring (bicyclic) bond motifs is 1. The van der Waals surface area contributed by atoms with Crippen LogP contribution in [0, 0.1) is 20.2 Å². The van der Waals surface area contributed by atoms with Crippen LogP contribution in [-0.2, 0) is 13.0 Å². The molecule has 0 fully saturated rings. The van der Waals surface area contributed by atoms with Crippen molar-refractivity contribution in [2.45, 2.75) is 20.0 Å². The topological polar surface area (TPSA) is 143 Å². The van der Waals surface area contributed by atoms with Crippen LogP contribution in [0.5, 0.6) is 5.75 Å². The van der Waals surface area contributed by atoms with E-state index in [0.29, 0.717) is 33.2 Å². The van der Waals surface area contributed by atoms with Gasteiger partial charge in [-0.15, -0.1) is 0 Å². The van der Waals surface area contributed by atoms with Gasteiger partial charge in [-0.05, 0) is 29.8 Å². The molecule has 1 heterocycles. The van der Waals surface area contributed by atoms with Crippen LogP contribution >= 0.6 is 15.9 Å². The summed E-state index contributed by atoms with van der Waals surface area (Å²) >= 11 is 3.35. The average molecular weight is 552 g/mol. The first kappa shape index (κ1) is 24.7. The Balaban J connectivity index is 1.75. The number of ether oxygens (including phenoxy) is 1. The third-order valence-electron chi connectivity index (χ3n) is 5.23. The molecular formula is C24H18BrN5O6. The molecule has 3 aromatic carbocycles. The molecule has 0 unspecified atom stereocenters. The third kappa shape index (κ3) is 5.13. The minimum Gasteiger partial charge on any atom is -0.481 e. The molecule has 4 aromatic rings. The van der Waals surface area contributed by atoms with E-state index < -0.39 is 9.85 Å². The Bertz CT molecular complexity index is 1580. The standard InChI is InChI=1S/C24H18BrN5O6/c1-2-22-27-20-10-9-17(25)12-19(20)24(31)28(22)26-13-16-6-4-8-21(30(34)35)23(16)36-14-15-5-3-7-18(11-15)29(32)33/h3-13H,2,14H2,1H3. The Morgan fingerprint density at radius 1 is 1.08 bits per heavy atom. The van der Waals surface area contributed by atoms with Crippen LogP contribution in [0.4, 0.5) is 11.4 Å². The van der Waals surface area contributed by atoms with Gasteiger partial charge in [0.2, 0.25) is 5.75 Å². The quantitative estimate of drug-likeness (QED) is 0.170. The monoisotopic (exact) mass is 551 g/mol. The summed E-state index contributed by atoms with van der Waals surface area (Å²) in [5, 5.41) is 27.4. The maximum absolute atomic E-state index is 13.1. The molecule has 0 aliphatic rings. The first-order valence-electron chi connectivity index (χ1n) is 10.7. The lowest BCUT2D eigenvalue weighted by atomic mass is 10.1. The lowest BCUT2D eigenvalue weighted by Gasteiger charge is -2.11. The number of aromatic nitrogens is 2. The van der Waals surface area contributed by atoms with E-state index in [9.17, 15) is 25.0 Å². The van der Waals surface area contributed by atoms with Crippen molar-refractivity contribution in [2.75, 3.05) is 0 Å². The SMILES string of the molecule is CCc1nc2ccc(Br)cc2c(=O)n1N=Cc1cccc([N+](=O)[O-])c1OCc1cccc([N+](=O)[O-])c1. The van der Waals surface area contributed by atoms with Crippen molar-refractivity contribution < 1.29 is 14.6 Å². The Labute approximate surface area is 212 Å². The molecule has 0 saturated heterocycles. The normalized spacial score (nSPS) is 11.2. The lowest BCUT2D eigenvalue weighted by molar-refractivity contribution is -0.386. The van der Waals surface area contributed by atoms with Crippen molar-refractivity contribution in [3.63, 3.8) is 0 Å². The molecule has 0 amide bonds. The largest absolute Gasteiger partial charge is 0.481 e. The number of nitro benzene ring substituents is 2. The highest BCUT2D eigenvalue weighted by Gasteiger charge is 2.19. The number of non-ortho nitro benzene ring substituents is 1. The molecule has 1 aromatic heterocycles. The summed E-state index contributed by atoms with van der Waals surface area (Å²) in [6.07, 6.45) is 1.71. The van der Waals surface area contributed by atoms with Crippen molar-refractivity contribution in [2.24, 2.45) is 5.10 Å². The Morgan fingerprint density at radius 2 is 1.86 bits per heavy atom. The second-order valence-corrected chi connectivity index (χ2v) is 8.49. The summed E-state index contributed by atoms with van der Waals surface area (Å²) in [5.41, 5.74) is 0.411. The lowest BCUT2D eigenvalue weighted by Crippen LogP contribution is -2.22. The van der Waals surface area contributed by atoms with E-state index in [-0.39, 0.29) is 34.9 Å². The zero-order valence-corrected chi connectivity index (χ0v) is 20.4. The van der Waals surface area contributed by atoms with Crippen LogP contribution in [0.3, 0.4) is 0 Å². The van der Waals surface area contributed by atoms with Gasteiger partial charge >= 0.3 is 5.69 Å². The van der Waals surface area contributed by atoms with E-state index in [0.717, 1.165) is 4.68 Å². The number of hydrogen-bond acceptors (Lipinski definition) is 8. The van der Waals surface area contributed by atoms with Gasteiger partial charge in [0.1, 0.15) is 12.4 Å². The van der Waals surface area contributed by atoms with Crippen molar-refractivity contribution in [3.05, 3.63) is 113 Å². The number of benzene rings is 3. The van der Waals surface area contributed by atoms with Crippen LogP contribution in [0.25, 0.3) is 10.9 Å². The van der Waals surface area contributed by atoms with Crippen molar-refractivity contribution in [1.29, 1.82) is 0 Å². The van der Waals surface area contributed by atoms with Gasteiger partial charge in [0, 0.05) is 34.7 Å². The van der Waals surface area contributed by atoms with E-state index in [1.165, 1.54) is 36.5 Å². The molecular weight excluding hydrogens is 534 g/mol. The van der Waals surface area contributed by atoms with Gasteiger partial charge in [-0.2, -0.15) is 9.78 Å². The zero-order valence-electron chi connectivity index (χ0n) is 18.8. The molecule has 0 atom stereocenters. The van der Waals surface area contributed by atoms with Crippen LogP contribution < -0.4 is 10.3 Å². The highest BCUT2D eigenvalue weighted by molar-refractivity contribution is 9.10. The molecule has 0 aliphatic heterocycles. The van der Waals surface area contributed by atoms with E-state index in [4.69, 9.17) is 4.74 Å².